The summed E-state index contributed by atoms with van der Waals surface area (Å²) in [5.74, 6) is -1.26. The average molecular weight is 634 g/mol. The molecule has 2 aliphatic rings. The van der Waals surface area contributed by atoms with Crippen molar-refractivity contribution in [1.29, 1.82) is 5.41 Å². The predicted octanol–water partition coefficient (Wildman–Crippen LogP) is 3.07. The second-order valence-electron chi connectivity index (χ2n) is 13.8. The zero-order chi connectivity index (χ0) is 33.6. The fourth-order valence-corrected chi connectivity index (χ4v) is 5.47. The number of esters is 2. The third kappa shape index (κ3) is 8.99. The topological polar surface area (TPSA) is 198 Å². The van der Waals surface area contributed by atoms with Gasteiger partial charge >= 0.3 is 11.9 Å². The first-order valence-corrected chi connectivity index (χ1v) is 15.6. The molecule has 1 amide bonds. The van der Waals surface area contributed by atoms with E-state index in [1.165, 1.54) is 20.0 Å². The summed E-state index contributed by atoms with van der Waals surface area (Å²) in [4.78, 5) is 45.7. The van der Waals surface area contributed by atoms with E-state index in [1.54, 1.807) is 53.7 Å². The number of rotatable bonds is 11. The van der Waals surface area contributed by atoms with Gasteiger partial charge in [-0.15, -0.1) is 0 Å². The number of amides is 1. The number of hydrogen-bond donors (Lipinski definition) is 5. The Balaban J connectivity index is 1.84. The third-order valence-corrected chi connectivity index (χ3v) is 8.87. The fourth-order valence-electron chi connectivity index (χ4n) is 5.47. The van der Waals surface area contributed by atoms with E-state index >= 15 is 0 Å². The van der Waals surface area contributed by atoms with Crippen molar-refractivity contribution >= 4 is 30.0 Å². The number of hydrogen-bond acceptors (Lipinski definition) is 10. The Bertz CT molecular complexity index is 1230. The molecular weight excluding hydrogens is 582 g/mol. The average Bonchev–Trinajstić information content (AvgIpc) is 3.46. The maximum absolute atomic E-state index is 13.1. The molecule has 0 bridgehead atoms. The van der Waals surface area contributed by atoms with E-state index < -0.39 is 52.8 Å². The van der Waals surface area contributed by atoms with Crippen LogP contribution in [0.4, 0.5) is 0 Å². The van der Waals surface area contributed by atoms with Gasteiger partial charge in [-0.05, 0) is 57.1 Å². The van der Waals surface area contributed by atoms with E-state index in [9.17, 15) is 19.5 Å². The minimum atomic E-state index is -1.46. The highest BCUT2D eigenvalue weighted by Gasteiger charge is 2.56. The molecule has 13 nitrogen and oxygen atoms in total. The lowest BCUT2D eigenvalue weighted by molar-refractivity contribution is -0.163. The molecule has 0 aromatic carbocycles. The van der Waals surface area contributed by atoms with Gasteiger partial charge in [0.15, 0.2) is 11.9 Å². The first-order chi connectivity index (χ1) is 21.0. The Morgan fingerprint density at radius 3 is 2.42 bits per heavy atom. The Morgan fingerprint density at radius 1 is 1.20 bits per heavy atom. The van der Waals surface area contributed by atoms with Gasteiger partial charge in [0.1, 0.15) is 42.4 Å². The molecule has 0 unspecified atom stereocenters. The van der Waals surface area contributed by atoms with Crippen LogP contribution in [0.5, 0.6) is 0 Å². The zero-order valence-electron chi connectivity index (χ0n) is 27.6. The summed E-state index contributed by atoms with van der Waals surface area (Å²) in [6.07, 6.45) is 4.00. The first-order valence-electron chi connectivity index (χ1n) is 15.6. The van der Waals surface area contributed by atoms with Gasteiger partial charge in [-0.2, -0.15) is 0 Å². The molecule has 13 heteroatoms. The molecule has 2 heterocycles. The lowest BCUT2D eigenvalue weighted by Crippen LogP contribution is -2.48. The summed E-state index contributed by atoms with van der Waals surface area (Å²) in [6.45, 7) is 9.96. The van der Waals surface area contributed by atoms with Gasteiger partial charge in [-0.3, -0.25) is 19.8 Å². The Morgan fingerprint density at radius 2 is 1.84 bits per heavy atom. The van der Waals surface area contributed by atoms with Crippen LogP contribution in [0.25, 0.3) is 0 Å². The van der Waals surface area contributed by atoms with Crippen LogP contribution in [0, 0.1) is 16.7 Å². The van der Waals surface area contributed by atoms with Crippen LogP contribution >= 0.6 is 0 Å². The zero-order valence-corrected chi connectivity index (χ0v) is 27.6. The van der Waals surface area contributed by atoms with Crippen LogP contribution in [0.3, 0.4) is 0 Å². The van der Waals surface area contributed by atoms with E-state index in [-0.39, 0.29) is 24.3 Å². The van der Waals surface area contributed by atoms with Crippen molar-refractivity contribution in [2.45, 2.75) is 122 Å². The molecule has 45 heavy (non-hydrogen) atoms. The van der Waals surface area contributed by atoms with Crippen LogP contribution in [0.1, 0.15) is 97.9 Å². The number of aliphatic hydroxyl groups is 1. The highest BCUT2D eigenvalue weighted by Crippen LogP contribution is 2.41. The summed E-state index contributed by atoms with van der Waals surface area (Å²) >= 11 is 0. The number of carbonyl (C=O) groups excluding carboxylic acids is 3. The SMILES string of the molecule is COC(C)(C)C(=O)N/C(=N/C=N)c1ccc([C@]2(C)O[C@H](COC(=O)CC3CCCCCC3)[C@@H](OC(=O)[C@@H](N)C(C)(C)C)[C@H]2O)[nH]1. The minimum absolute atomic E-state index is 0.0468. The Kier molecular flexibility index (Phi) is 12.1. The Hall–Kier alpha value is -3.13. The molecule has 1 aromatic rings. The number of nitrogens with one attached hydrogen (secondary N) is 3. The number of aromatic amines is 1. The second-order valence-corrected chi connectivity index (χ2v) is 13.8. The molecule has 1 saturated heterocycles. The first kappa shape index (κ1) is 36.3. The van der Waals surface area contributed by atoms with Gasteiger partial charge in [0.05, 0.1) is 11.4 Å². The van der Waals surface area contributed by atoms with Crippen molar-refractivity contribution < 1.29 is 38.4 Å². The Labute approximate surface area is 265 Å². The number of carbonyl (C=O) groups is 3. The molecule has 2 fully saturated rings. The smallest absolute Gasteiger partial charge is 0.323 e. The molecule has 6 N–H and O–H groups in total. The number of methoxy groups -OCH3 is 1. The monoisotopic (exact) mass is 633 g/mol. The molecule has 252 valence electrons. The maximum atomic E-state index is 13.1. The van der Waals surface area contributed by atoms with Gasteiger partial charge in [0, 0.05) is 13.5 Å². The van der Waals surface area contributed by atoms with Crippen molar-refractivity contribution in [3.05, 3.63) is 23.5 Å². The summed E-state index contributed by atoms with van der Waals surface area (Å²) in [6, 6.07) is 2.26. The normalized spacial score (nSPS) is 25.7. The highest BCUT2D eigenvalue weighted by molar-refractivity contribution is 6.10. The quantitative estimate of drug-likeness (QED) is 0.105. The molecule has 1 aliphatic heterocycles. The number of aliphatic hydroxyl groups excluding tert-OH is 1. The van der Waals surface area contributed by atoms with Crippen LogP contribution in [-0.4, -0.2) is 83.8 Å². The summed E-state index contributed by atoms with van der Waals surface area (Å²) < 4.78 is 23.0. The van der Waals surface area contributed by atoms with Crippen LogP contribution in [0.2, 0.25) is 0 Å². The standard InChI is InChI=1S/C32H51N5O8/c1-30(2,3)25(34)28(40)44-24-21(17-43-23(38)16-19-12-10-8-9-11-13-19)45-32(6,26(24)39)22-15-14-20(36-22)27(35-18-33)37-29(41)31(4,5)42-7/h14-15,18-19,21,24-26,36,39H,8-13,16-17,34H2,1-7H3,(H2,33,35,37,41)/t21-,24-,25-,26-,32+/m1/s1. The molecule has 5 atom stereocenters. The largest absolute Gasteiger partial charge is 0.463 e. The molecule has 0 radical (unpaired) electrons. The van der Waals surface area contributed by atoms with Gasteiger partial charge in [-0.1, -0.05) is 46.5 Å². The number of ether oxygens (including phenoxy) is 4. The van der Waals surface area contributed by atoms with E-state index in [1.807, 2.05) is 0 Å². The number of aliphatic imine (C=N–C) groups is 1. The fraction of sp³-hybridized carbons (Fsp3) is 0.719. The van der Waals surface area contributed by atoms with Crippen LogP contribution in [-0.2, 0) is 38.9 Å². The van der Waals surface area contributed by atoms with Crippen molar-refractivity contribution in [3.8, 4) is 0 Å². The molecule has 1 saturated carbocycles. The summed E-state index contributed by atoms with van der Waals surface area (Å²) in [5.41, 5.74) is 3.63. The van der Waals surface area contributed by atoms with Crippen molar-refractivity contribution in [3.63, 3.8) is 0 Å². The van der Waals surface area contributed by atoms with Crippen LogP contribution in [0.15, 0.2) is 17.1 Å². The lowest BCUT2D eigenvalue weighted by Gasteiger charge is -2.29. The highest BCUT2D eigenvalue weighted by atomic mass is 16.6. The van der Waals surface area contributed by atoms with E-state index in [0.717, 1.165) is 32.0 Å². The van der Waals surface area contributed by atoms with Gasteiger partial charge in [0.25, 0.3) is 5.91 Å². The number of nitrogens with zero attached hydrogens (tertiary/aromatic N) is 1. The van der Waals surface area contributed by atoms with E-state index in [4.69, 9.17) is 30.1 Å². The van der Waals surface area contributed by atoms with Crippen molar-refractivity contribution in [2.75, 3.05) is 13.7 Å². The number of aromatic nitrogens is 1. The molecule has 3 rings (SSSR count). The summed E-state index contributed by atoms with van der Waals surface area (Å²) in [7, 11) is 1.40. The lowest BCUT2D eigenvalue weighted by atomic mass is 9.87. The molecular formula is C32H51N5O8. The number of amidine groups is 1. The van der Waals surface area contributed by atoms with E-state index in [2.05, 4.69) is 15.3 Å². The van der Waals surface area contributed by atoms with Crippen molar-refractivity contribution in [1.82, 2.24) is 10.3 Å². The third-order valence-electron chi connectivity index (χ3n) is 8.87. The minimum Gasteiger partial charge on any atom is -0.463 e. The number of nitrogens with two attached hydrogens (primary N) is 1. The van der Waals surface area contributed by atoms with Gasteiger partial charge < -0.3 is 40.1 Å². The molecule has 1 aromatic heterocycles. The predicted molar refractivity (Wildman–Crippen MR) is 168 cm³/mol. The summed E-state index contributed by atoms with van der Waals surface area (Å²) in [5, 5.41) is 21.7. The van der Waals surface area contributed by atoms with E-state index in [0.29, 0.717) is 17.8 Å². The maximum Gasteiger partial charge on any atom is 0.323 e. The van der Waals surface area contributed by atoms with Gasteiger partial charge in [0.2, 0.25) is 0 Å². The number of H-pyrrole nitrogens is 1. The van der Waals surface area contributed by atoms with Crippen LogP contribution < -0.4 is 11.1 Å². The molecule has 1 aliphatic carbocycles. The van der Waals surface area contributed by atoms with Crippen molar-refractivity contribution in [2.24, 2.45) is 22.1 Å². The molecule has 0 spiro atoms. The van der Waals surface area contributed by atoms with Gasteiger partial charge in [-0.25, -0.2) is 4.99 Å². The second kappa shape index (κ2) is 15.0.